The van der Waals surface area contributed by atoms with Crippen LogP contribution in [0.2, 0.25) is 0 Å². The molecule has 59 heavy (non-hydrogen) atoms. The zero-order chi connectivity index (χ0) is 41.3. The molecule has 0 aliphatic carbocycles. The molecule has 6 heterocycles. The van der Waals surface area contributed by atoms with Crippen LogP contribution in [0.15, 0.2) is 97.6 Å². The summed E-state index contributed by atoms with van der Waals surface area (Å²) in [5.41, 5.74) is 4.29. The van der Waals surface area contributed by atoms with E-state index in [4.69, 9.17) is 4.74 Å². The number of rotatable bonds is 10. The van der Waals surface area contributed by atoms with Crippen LogP contribution in [0.4, 0.5) is 38.0 Å². The molecule has 0 bridgehead atoms. The smallest absolute Gasteiger partial charge is 0.417 e. The third-order valence-corrected chi connectivity index (χ3v) is 10.9. The van der Waals surface area contributed by atoms with Crippen molar-refractivity contribution in [3.05, 3.63) is 120 Å². The molecule has 308 valence electrons. The van der Waals surface area contributed by atoms with Gasteiger partial charge in [0.25, 0.3) is 0 Å². The Morgan fingerprint density at radius 2 is 0.966 bits per heavy atom. The van der Waals surface area contributed by atoms with Gasteiger partial charge in [0.1, 0.15) is 23.1 Å². The Kier molecular flexibility index (Phi) is 11.1. The van der Waals surface area contributed by atoms with Crippen LogP contribution in [0.3, 0.4) is 0 Å². The standard InChI is InChI=1S/C42H42F6N10O/c1-27-23-55(15-17-57(27)37-13-7-33(21-49-37)41(43,44)45)25-31-19-51-53-39(31)29-3-9-35(10-4-29)59-36-11-5-30(6-12-36)40-32(20-52-54-40)26-56-16-18-58(28(2)24-56)38-14-8-34(22-50-38)42(46,47)48/h3-14,19-22,27-28H,15-18,23-26H2,1-2H3,(H,51,53)(H,52,54)/t27-,28-/m1/s1. The predicted octanol–water partition coefficient (Wildman–Crippen LogP) is 8.51. The predicted molar refractivity (Wildman–Crippen MR) is 211 cm³/mol. The lowest BCUT2D eigenvalue weighted by Gasteiger charge is -2.40. The second-order valence-electron chi connectivity index (χ2n) is 15.1. The average molecular weight is 817 g/mol. The molecule has 2 aliphatic heterocycles. The zero-order valence-electron chi connectivity index (χ0n) is 32.3. The highest BCUT2D eigenvalue weighted by Gasteiger charge is 2.33. The normalized spacial score (nSPS) is 18.4. The second-order valence-corrected chi connectivity index (χ2v) is 15.1. The first kappa shape index (κ1) is 39.9. The molecule has 6 aromatic rings. The number of nitrogens with one attached hydrogen (secondary N) is 2. The van der Waals surface area contributed by atoms with E-state index >= 15 is 0 Å². The van der Waals surface area contributed by atoms with Crippen molar-refractivity contribution in [3.8, 4) is 34.0 Å². The van der Waals surface area contributed by atoms with Crippen LogP contribution in [-0.4, -0.2) is 91.5 Å². The highest BCUT2D eigenvalue weighted by molar-refractivity contribution is 5.65. The summed E-state index contributed by atoms with van der Waals surface area (Å²) in [7, 11) is 0. The van der Waals surface area contributed by atoms with Crippen LogP contribution in [-0.2, 0) is 25.4 Å². The van der Waals surface area contributed by atoms with Crippen LogP contribution in [0.5, 0.6) is 11.5 Å². The maximum Gasteiger partial charge on any atom is 0.417 e. The van der Waals surface area contributed by atoms with Gasteiger partial charge >= 0.3 is 12.4 Å². The molecule has 2 aromatic carbocycles. The Labute approximate surface area is 336 Å². The van der Waals surface area contributed by atoms with E-state index in [0.717, 1.165) is 71.3 Å². The topological polar surface area (TPSA) is 105 Å². The number of benzene rings is 2. The first-order valence-corrected chi connectivity index (χ1v) is 19.3. The molecule has 0 saturated carbocycles. The number of hydrogen-bond donors (Lipinski definition) is 2. The Morgan fingerprint density at radius 1 is 0.559 bits per heavy atom. The Hall–Kier alpha value is -5.94. The third kappa shape index (κ3) is 9.05. The van der Waals surface area contributed by atoms with E-state index < -0.39 is 23.5 Å². The van der Waals surface area contributed by atoms with Gasteiger partial charge in [-0.2, -0.15) is 36.5 Å². The fraction of sp³-hybridized carbons (Fsp3) is 0.333. The van der Waals surface area contributed by atoms with E-state index in [1.54, 1.807) is 0 Å². The quantitative estimate of drug-likeness (QED) is 0.132. The Bertz CT molecular complexity index is 2150. The summed E-state index contributed by atoms with van der Waals surface area (Å²) in [6, 6.07) is 20.7. The summed E-state index contributed by atoms with van der Waals surface area (Å²) >= 11 is 0. The van der Waals surface area contributed by atoms with E-state index in [-0.39, 0.29) is 12.1 Å². The lowest BCUT2D eigenvalue weighted by molar-refractivity contribution is -0.138. The molecule has 2 fully saturated rings. The summed E-state index contributed by atoms with van der Waals surface area (Å²) < 4.78 is 84.3. The minimum absolute atomic E-state index is 0.0532. The van der Waals surface area contributed by atoms with Crippen molar-refractivity contribution in [2.24, 2.45) is 0 Å². The van der Waals surface area contributed by atoms with Gasteiger partial charge in [0.2, 0.25) is 0 Å². The van der Waals surface area contributed by atoms with E-state index in [0.29, 0.717) is 62.4 Å². The molecule has 8 rings (SSSR count). The van der Waals surface area contributed by atoms with Crippen LogP contribution in [0.25, 0.3) is 22.5 Å². The van der Waals surface area contributed by atoms with Crippen molar-refractivity contribution in [3.63, 3.8) is 0 Å². The molecule has 0 radical (unpaired) electrons. The summed E-state index contributed by atoms with van der Waals surface area (Å²) in [6.07, 6.45) is -3.40. The Morgan fingerprint density at radius 3 is 1.31 bits per heavy atom. The van der Waals surface area contributed by atoms with Crippen molar-refractivity contribution >= 4 is 11.6 Å². The number of piperazine rings is 2. The molecule has 2 N–H and O–H groups in total. The summed E-state index contributed by atoms with van der Waals surface area (Å²) in [6.45, 7) is 9.55. The number of halogens is 6. The minimum Gasteiger partial charge on any atom is -0.457 e. The van der Waals surface area contributed by atoms with Gasteiger partial charge < -0.3 is 14.5 Å². The van der Waals surface area contributed by atoms with E-state index in [1.165, 1.54) is 12.1 Å². The first-order chi connectivity index (χ1) is 28.3. The molecule has 2 atom stereocenters. The van der Waals surface area contributed by atoms with Crippen LogP contribution >= 0.6 is 0 Å². The first-order valence-electron chi connectivity index (χ1n) is 19.3. The second kappa shape index (κ2) is 16.4. The number of hydrogen-bond acceptors (Lipinski definition) is 9. The molecule has 2 aliphatic rings. The van der Waals surface area contributed by atoms with E-state index in [2.05, 4.69) is 40.2 Å². The molecule has 17 heteroatoms. The van der Waals surface area contributed by atoms with Crippen LogP contribution < -0.4 is 14.5 Å². The maximum atomic E-state index is 13.0. The lowest BCUT2D eigenvalue weighted by Crippen LogP contribution is -2.51. The van der Waals surface area contributed by atoms with Crippen molar-refractivity contribution in [2.75, 3.05) is 49.1 Å². The van der Waals surface area contributed by atoms with E-state index in [9.17, 15) is 26.3 Å². The Balaban J connectivity index is 0.838. The van der Waals surface area contributed by atoms with Gasteiger partial charge in [-0.25, -0.2) is 9.97 Å². The molecule has 11 nitrogen and oxygen atoms in total. The number of ether oxygens (including phenoxy) is 1. The van der Waals surface area contributed by atoms with Gasteiger partial charge in [-0.15, -0.1) is 0 Å². The van der Waals surface area contributed by atoms with Crippen molar-refractivity contribution < 1.29 is 31.1 Å². The van der Waals surface area contributed by atoms with Gasteiger partial charge in [-0.3, -0.25) is 20.0 Å². The third-order valence-electron chi connectivity index (χ3n) is 10.9. The molecule has 0 amide bonds. The van der Waals surface area contributed by atoms with Crippen molar-refractivity contribution in [2.45, 2.75) is 51.4 Å². The summed E-state index contributed by atoms with van der Waals surface area (Å²) in [5.74, 6) is 2.42. The largest absolute Gasteiger partial charge is 0.457 e. The number of anilines is 2. The fourth-order valence-corrected chi connectivity index (χ4v) is 7.84. The fourth-order valence-electron chi connectivity index (χ4n) is 7.84. The van der Waals surface area contributed by atoms with Crippen LogP contribution in [0.1, 0.15) is 36.1 Å². The van der Waals surface area contributed by atoms with Crippen LogP contribution in [0, 0.1) is 0 Å². The molecule has 0 spiro atoms. The highest BCUT2D eigenvalue weighted by atomic mass is 19.4. The maximum absolute atomic E-state index is 13.0. The SMILES string of the molecule is C[C@@H]1CN(Cc2cn[nH]c2-c2ccc(Oc3ccc(-c4[nH]ncc4CN4CCN(c5ccc(C(F)(F)F)cn5)[C@H](C)C4)cc3)cc2)CCN1c1ccc(C(F)(F)F)cn1. The molecule has 2 saturated heterocycles. The van der Waals surface area contributed by atoms with E-state index in [1.807, 2.05) is 84.6 Å². The summed E-state index contributed by atoms with van der Waals surface area (Å²) in [5, 5.41) is 14.9. The number of H-pyrrole nitrogens is 2. The monoisotopic (exact) mass is 816 g/mol. The average Bonchev–Trinajstić information content (AvgIpc) is 3.88. The molecular formula is C42H42F6N10O. The minimum atomic E-state index is -4.42. The van der Waals surface area contributed by atoms with Gasteiger partial charge in [0.05, 0.1) is 34.9 Å². The summed E-state index contributed by atoms with van der Waals surface area (Å²) in [4.78, 5) is 16.9. The number of aromatic amines is 2. The lowest BCUT2D eigenvalue weighted by atomic mass is 10.1. The number of aromatic nitrogens is 6. The van der Waals surface area contributed by atoms with Gasteiger partial charge in [0.15, 0.2) is 0 Å². The molecule has 4 aromatic heterocycles. The van der Waals surface area contributed by atoms with Crippen molar-refractivity contribution in [1.29, 1.82) is 0 Å². The molecular weight excluding hydrogens is 775 g/mol. The van der Waals surface area contributed by atoms with Crippen molar-refractivity contribution in [1.82, 2.24) is 40.2 Å². The highest BCUT2D eigenvalue weighted by Crippen LogP contribution is 2.33. The number of alkyl halides is 6. The number of pyridine rings is 2. The van der Waals surface area contributed by atoms with Gasteiger partial charge in [0, 0.05) is 99.1 Å². The van der Waals surface area contributed by atoms with Gasteiger partial charge in [-0.05, 0) is 86.6 Å². The molecule has 0 unspecified atom stereocenters. The number of nitrogens with zero attached hydrogens (tertiary/aromatic N) is 8. The van der Waals surface area contributed by atoms with Gasteiger partial charge in [-0.1, -0.05) is 0 Å². The zero-order valence-corrected chi connectivity index (χ0v) is 32.3.